The van der Waals surface area contributed by atoms with E-state index in [4.69, 9.17) is 9.40 Å². The highest BCUT2D eigenvalue weighted by Gasteiger charge is 2.29. The lowest BCUT2D eigenvalue weighted by atomic mass is 9.98. The number of piperidine rings is 1. The molecule has 0 radical (unpaired) electrons. The topological polar surface area (TPSA) is 46.3 Å². The first-order valence-corrected chi connectivity index (χ1v) is 10.5. The van der Waals surface area contributed by atoms with Gasteiger partial charge in [0.05, 0.1) is 20.8 Å². The Labute approximate surface area is 171 Å². The minimum Gasteiger partial charge on any atom is -0.451 e. The van der Waals surface area contributed by atoms with Crippen LogP contribution in [0.15, 0.2) is 65.1 Å². The van der Waals surface area contributed by atoms with E-state index in [1.807, 2.05) is 23.1 Å². The van der Waals surface area contributed by atoms with E-state index in [-0.39, 0.29) is 23.4 Å². The lowest BCUT2D eigenvalue weighted by molar-refractivity contribution is 0.0676. The van der Waals surface area contributed by atoms with Crippen LogP contribution < -0.4 is 0 Å². The largest absolute Gasteiger partial charge is 0.451 e. The summed E-state index contributed by atoms with van der Waals surface area (Å²) in [5, 5.41) is 1.08. The van der Waals surface area contributed by atoms with Crippen LogP contribution in [0.3, 0.4) is 0 Å². The Morgan fingerprint density at radius 2 is 1.93 bits per heavy atom. The Balaban J connectivity index is 1.35. The highest BCUT2D eigenvalue weighted by Crippen LogP contribution is 2.34. The summed E-state index contributed by atoms with van der Waals surface area (Å²) in [6.07, 6.45) is 1.94. The van der Waals surface area contributed by atoms with E-state index in [0.717, 1.165) is 23.4 Å². The van der Waals surface area contributed by atoms with Gasteiger partial charge in [-0.15, -0.1) is 11.3 Å². The van der Waals surface area contributed by atoms with Gasteiger partial charge >= 0.3 is 0 Å². The molecule has 29 heavy (non-hydrogen) atoms. The predicted octanol–water partition coefficient (Wildman–Crippen LogP) is 5.72. The number of thiazole rings is 1. The highest BCUT2D eigenvalue weighted by molar-refractivity contribution is 7.18. The molecule has 2 aromatic carbocycles. The molecule has 0 aliphatic carbocycles. The number of rotatable bonds is 3. The van der Waals surface area contributed by atoms with Crippen LogP contribution in [0.1, 0.15) is 34.3 Å². The van der Waals surface area contributed by atoms with Gasteiger partial charge in [-0.25, -0.2) is 9.37 Å². The van der Waals surface area contributed by atoms with Crippen molar-refractivity contribution in [2.24, 2.45) is 0 Å². The molecule has 2 aromatic heterocycles. The van der Waals surface area contributed by atoms with Crippen molar-refractivity contribution < 1.29 is 13.6 Å². The molecule has 3 heterocycles. The van der Waals surface area contributed by atoms with Gasteiger partial charge in [0.15, 0.2) is 5.76 Å². The molecule has 6 heteroatoms. The third-order valence-corrected chi connectivity index (χ3v) is 6.52. The molecule has 4 aromatic rings. The maximum atomic E-state index is 14.0. The Morgan fingerprint density at radius 3 is 2.79 bits per heavy atom. The summed E-state index contributed by atoms with van der Waals surface area (Å²) >= 11 is 1.70. The zero-order chi connectivity index (χ0) is 19.8. The molecular weight excluding hydrogens is 387 g/mol. The Kier molecular flexibility index (Phi) is 4.64. The number of likely N-dealkylation sites (tertiary alicyclic amines) is 1. The number of amides is 1. The quantitative estimate of drug-likeness (QED) is 0.437. The van der Waals surface area contributed by atoms with Gasteiger partial charge in [-0.3, -0.25) is 4.79 Å². The highest BCUT2D eigenvalue weighted by atomic mass is 32.1. The summed E-state index contributed by atoms with van der Waals surface area (Å²) in [5.74, 6) is 0.318. The number of benzene rings is 2. The van der Waals surface area contributed by atoms with Crippen molar-refractivity contribution in [3.63, 3.8) is 0 Å². The van der Waals surface area contributed by atoms with Gasteiger partial charge in [-0.05, 0) is 49.2 Å². The van der Waals surface area contributed by atoms with Crippen molar-refractivity contribution in [1.29, 1.82) is 0 Å². The SMILES string of the molecule is O=C(c1ccc(-c2ccccc2F)o1)N1CCC[C@@H](c2nc3ccccc3s2)C1. The molecule has 0 saturated carbocycles. The monoisotopic (exact) mass is 406 g/mol. The van der Waals surface area contributed by atoms with Crippen LogP contribution in [0, 0.1) is 5.82 Å². The second-order valence-corrected chi connectivity index (χ2v) is 8.32. The van der Waals surface area contributed by atoms with Crippen molar-refractivity contribution in [1.82, 2.24) is 9.88 Å². The zero-order valence-electron chi connectivity index (χ0n) is 15.7. The molecule has 0 spiro atoms. The summed E-state index contributed by atoms with van der Waals surface area (Å²) in [6.45, 7) is 1.31. The fraction of sp³-hybridized carbons (Fsp3) is 0.217. The Bertz CT molecular complexity index is 1150. The number of fused-ring (bicyclic) bond motifs is 1. The van der Waals surface area contributed by atoms with Crippen LogP contribution in [0.25, 0.3) is 21.5 Å². The van der Waals surface area contributed by atoms with Gasteiger partial charge in [-0.2, -0.15) is 0 Å². The van der Waals surface area contributed by atoms with Crippen molar-refractivity contribution in [2.45, 2.75) is 18.8 Å². The van der Waals surface area contributed by atoms with Gasteiger partial charge in [0.25, 0.3) is 5.91 Å². The Hall–Kier alpha value is -2.99. The van der Waals surface area contributed by atoms with E-state index in [1.54, 1.807) is 41.7 Å². The van der Waals surface area contributed by atoms with Crippen LogP contribution in [-0.4, -0.2) is 28.9 Å². The third-order valence-electron chi connectivity index (χ3n) is 5.32. The average Bonchev–Trinajstić information content (AvgIpc) is 3.41. The molecule has 1 aliphatic rings. The lowest BCUT2D eigenvalue weighted by Crippen LogP contribution is -2.38. The van der Waals surface area contributed by atoms with Crippen molar-refractivity contribution >= 4 is 27.5 Å². The first-order valence-electron chi connectivity index (χ1n) is 9.68. The van der Waals surface area contributed by atoms with Gasteiger partial charge in [0.1, 0.15) is 11.6 Å². The fourth-order valence-electron chi connectivity index (χ4n) is 3.84. The van der Waals surface area contributed by atoms with Crippen LogP contribution in [0.2, 0.25) is 0 Å². The summed E-state index contributed by atoms with van der Waals surface area (Å²) in [6, 6.07) is 17.8. The molecule has 0 N–H and O–H groups in total. The lowest BCUT2D eigenvalue weighted by Gasteiger charge is -2.31. The molecule has 146 valence electrons. The number of hydrogen-bond acceptors (Lipinski definition) is 4. The molecule has 1 aliphatic heterocycles. The van der Waals surface area contributed by atoms with E-state index < -0.39 is 0 Å². The number of para-hydroxylation sites is 1. The van der Waals surface area contributed by atoms with Crippen molar-refractivity contribution in [2.75, 3.05) is 13.1 Å². The maximum Gasteiger partial charge on any atom is 0.289 e. The van der Waals surface area contributed by atoms with Crippen LogP contribution in [0.4, 0.5) is 4.39 Å². The molecule has 1 fully saturated rings. The van der Waals surface area contributed by atoms with Crippen LogP contribution in [-0.2, 0) is 0 Å². The molecule has 5 rings (SSSR count). The predicted molar refractivity (Wildman–Crippen MR) is 112 cm³/mol. The van der Waals surface area contributed by atoms with Crippen LogP contribution in [0.5, 0.6) is 0 Å². The molecule has 0 bridgehead atoms. The van der Waals surface area contributed by atoms with Gasteiger partial charge in [-0.1, -0.05) is 24.3 Å². The fourth-order valence-corrected chi connectivity index (χ4v) is 4.94. The number of halogens is 1. The van der Waals surface area contributed by atoms with E-state index in [9.17, 15) is 9.18 Å². The first-order chi connectivity index (χ1) is 14.2. The number of nitrogens with zero attached hydrogens (tertiary/aromatic N) is 2. The second kappa shape index (κ2) is 7.44. The molecule has 1 amide bonds. The second-order valence-electron chi connectivity index (χ2n) is 7.25. The third kappa shape index (κ3) is 3.44. The van der Waals surface area contributed by atoms with Crippen LogP contribution >= 0.6 is 11.3 Å². The van der Waals surface area contributed by atoms with Crippen molar-refractivity contribution in [3.8, 4) is 11.3 Å². The van der Waals surface area contributed by atoms with E-state index in [2.05, 4.69) is 6.07 Å². The van der Waals surface area contributed by atoms with Crippen molar-refractivity contribution in [3.05, 3.63) is 77.2 Å². The molecule has 4 nitrogen and oxygen atoms in total. The minimum absolute atomic E-state index is 0.154. The van der Waals surface area contributed by atoms with Gasteiger partial charge in [0, 0.05) is 19.0 Å². The number of carbonyl (C=O) groups excluding carboxylic acids is 1. The summed E-state index contributed by atoms with van der Waals surface area (Å²) in [4.78, 5) is 19.6. The Morgan fingerprint density at radius 1 is 1.10 bits per heavy atom. The average molecular weight is 406 g/mol. The van der Waals surface area contributed by atoms with E-state index in [0.29, 0.717) is 24.4 Å². The molecule has 1 atom stereocenters. The number of carbonyl (C=O) groups is 1. The summed E-state index contributed by atoms with van der Waals surface area (Å²) < 4.78 is 20.9. The van der Waals surface area contributed by atoms with Gasteiger partial charge < -0.3 is 9.32 Å². The smallest absolute Gasteiger partial charge is 0.289 e. The summed E-state index contributed by atoms with van der Waals surface area (Å²) in [5.41, 5.74) is 1.37. The van der Waals surface area contributed by atoms with Gasteiger partial charge in [0.2, 0.25) is 0 Å². The number of furan rings is 1. The summed E-state index contributed by atoms with van der Waals surface area (Å²) in [7, 11) is 0. The number of aromatic nitrogens is 1. The first kappa shape index (κ1) is 18.1. The number of hydrogen-bond donors (Lipinski definition) is 0. The normalized spacial score (nSPS) is 17.0. The maximum absolute atomic E-state index is 14.0. The van der Waals surface area contributed by atoms with E-state index in [1.165, 1.54) is 10.8 Å². The molecule has 0 unspecified atom stereocenters. The standard InChI is InChI=1S/C23H19FN2O2S/c24-17-8-2-1-7-16(17)19-11-12-20(28-19)23(27)26-13-5-6-15(14-26)22-25-18-9-3-4-10-21(18)29-22/h1-4,7-12,15H,5-6,13-14H2/t15-/m1/s1. The minimum atomic E-state index is -0.366. The molecule has 1 saturated heterocycles. The molecular formula is C23H19FN2O2S. The van der Waals surface area contributed by atoms with E-state index >= 15 is 0 Å². The zero-order valence-corrected chi connectivity index (χ0v) is 16.5.